The number of pyridine rings is 1. The number of nitrogen functional groups attached to an aromatic ring is 1. The lowest BCUT2D eigenvalue weighted by atomic mass is 10.2. The van der Waals surface area contributed by atoms with Gasteiger partial charge in [0.15, 0.2) is 0 Å². The first-order valence-electron chi connectivity index (χ1n) is 5.80. The number of nitrogens with zero attached hydrogens (tertiary/aromatic N) is 1. The molecule has 1 aromatic carbocycles. The lowest BCUT2D eigenvalue weighted by Gasteiger charge is -2.07. The minimum Gasteiger partial charge on any atom is -0.308 e. The van der Waals surface area contributed by atoms with Crippen molar-refractivity contribution in [2.24, 2.45) is 5.84 Å². The summed E-state index contributed by atoms with van der Waals surface area (Å²) in [5.74, 6) is 6.97. The average molecular weight is 259 g/mol. The van der Waals surface area contributed by atoms with Gasteiger partial charge in [0, 0.05) is 16.8 Å². The van der Waals surface area contributed by atoms with Gasteiger partial charge >= 0.3 is 0 Å². The fourth-order valence-corrected chi connectivity index (χ4v) is 2.73. The normalized spacial score (nSPS) is 10.4. The van der Waals surface area contributed by atoms with Crippen molar-refractivity contribution in [3.05, 3.63) is 53.2 Å². The molecule has 3 N–H and O–H groups in total. The van der Waals surface area contributed by atoms with Crippen molar-refractivity contribution >= 4 is 17.6 Å². The van der Waals surface area contributed by atoms with E-state index < -0.39 is 0 Å². The van der Waals surface area contributed by atoms with Crippen LogP contribution in [0.15, 0.2) is 41.4 Å². The Bertz CT molecular complexity index is 540. The van der Waals surface area contributed by atoms with Gasteiger partial charge in [0.05, 0.1) is 0 Å². The van der Waals surface area contributed by atoms with E-state index in [9.17, 15) is 0 Å². The van der Waals surface area contributed by atoms with E-state index in [-0.39, 0.29) is 0 Å². The standard InChI is InChI=1S/C14H17N3S/c1-10-3-4-11(2)13(7-10)18-9-12-5-6-16-14(8-12)17-15/h3-8H,9,15H2,1-2H3,(H,16,17). The van der Waals surface area contributed by atoms with Crippen LogP contribution in [-0.4, -0.2) is 4.98 Å². The topological polar surface area (TPSA) is 50.9 Å². The van der Waals surface area contributed by atoms with E-state index in [4.69, 9.17) is 5.84 Å². The predicted octanol–water partition coefficient (Wildman–Crippen LogP) is 3.28. The third-order valence-electron chi connectivity index (χ3n) is 2.71. The zero-order chi connectivity index (χ0) is 13.0. The number of hydrazine groups is 1. The fraction of sp³-hybridized carbons (Fsp3) is 0.214. The van der Waals surface area contributed by atoms with Crippen LogP contribution in [-0.2, 0) is 5.75 Å². The van der Waals surface area contributed by atoms with Crippen molar-refractivity contribution in [1.82, 2.24) is 4.98 Å². The Morgan fingerprint density at radius 3 is 2.83 bits per heavy atom. The highest BCUT2D eigenvalue weighted by Crippen LogP contribution is 2.27. The monoisotopic (exact) mass is 259 g/mol. The summed E-state index contributed by atoms with van der Waals surface area (Å²) in [6.07, 6.45) is 1.77. The van der Waals surface area contributed by atoms with Crippen molar-refractivity contribution in [2.45, 2.75) is 24.5 Å². The Balaban J connectivity index is 2.08. The fourth-order valence-electron chi connectivity index (χ4n) is 1.67. The molecule has 0 radical (unpaired) electrons. The summed E-state index contributed by atoms with van der Waals surface area (Å²) in [5, 5.41) is 0. The number of anilines is 1. The van der Waals surface area contributed by atoms with E-state index in [1.165, 1.54) is 21.6 Å². The molecule has 0 saturated heterocycles. The summed E-state index contributed by atoms with van der Waals surface area (Å²) >= 11 is 1.84. The Kier molecular flexibility index (Phi) is 4.23. The molecule has 2 rings (SSSR count). The highest BCUT2D eigenvalue weighted by Gasteiger charge is 2.01. The number of nitrogens with one attached hydrogen (secondary N) is 1. The van der Waals surface area contributed by atoms with Crippen molar-refractivity contribution < 1.29 is 0 Å². The van der Waals surface area contributed by atoms with Crippen molar-refractivity contribution in [2.75, 3.05) is 5.43 Å². The molecule has 0 bridgehead atoms. The summed E-state index contributed by atoms with van der Waals surface area (Å²) in [7, 11) is 0. The Morgan fingerprint density at radius 2 is 2.06 bits per heavy atom. The number of nitrogens with two attached hydrogens (primary N) is 1. The van der Waals surface area contributed by atoms with E-state index in [0.29, 0.717) is 5.82 Å². The molecule has 0 unspecified atom stereocenters. The van der Waals surface area contributed by atoms with Gasteiger partial charge < -0.3 is 5.43 Å². The molecule has 0 aliphatic heterocycles. The maximum Gasteiger partial charge on any atom is 0.140 e. The van der Waals surface area contributed by atoms with Gasteiger partial charge in [-0.05, 0) is 43.2 Å². The highest BCUT2D eigenvalue weighted by atomic mass is 32.2. The maximum atomic E-state index is 5.35. The number of aromatic nitrogens is 1. The van der Waals surface area contributed by atoms with E-state index in [1.807, 2.05) is 23.9 Å². The van der Waals surface area contributed by atoms with Crippen molar-refractivity contribution in [3.63, 3.8) is 0 Å². The van der Waals surface area contributed by atoms with Crippen LogP contribution in [0.2, 0.25) is 0 Å². The predicted molar refractivity (Wildman–Crippen MR) is 77.5 cm³/mol. The molecule has 0 aliphatic rings. The zero-order valence-corrected chi connectivity index (χ0v) is 11.4. The van der Waals surface area contributed by atoms with Gasteiger partial charge in [-0.25, -0.2) is 10.8 Å². The Morgan fingerprint density at radius 1 is 1.22 bits per heavy atom. The molecule has 3 nitrogen and oxygen atoms in total. The molecule has 0 saturated carbocycles. The van der Waals surface area contributed by atoms with Crippen LogP contribution in [0.3, 0.4) is 0 Å². The first-order valence-corrected chi connectivity index (χ1v) is 6.79. The quantitative estimate of drug-likeness (QED) is 0.502. The van der Waals surface area contributed by atoms with Crippen LogP contribution < -0.4 is 11.3 Å². The summed E-state index contributed by atoms with van der Waals surface area (Å²) < 4.78 is 0. The SMILES string of the molecule is Cc1ccc(C)c(SCc2ccnc(NN)c2)c1. The summed E-state index contributed by atoms with van der Waals surface area (Å²) in [4.78, 5) is 5.43. The second kappa shape index (κ2) is 5.89. The van der Waals surface area contributed by atoms with Crippen LogP contribution in [0.1, 0.15) is 16.7 Å². The summed E-state index contributed by atoms with van der Waals surface area (Å²) in [6, 6.07) is 10.5. The second-order valence-corrected chi connectivity index (χ2v) is 5.27. The number of hydrogen-bond acceptors (Lipinski definition) is 4. The number of thioether (sulfide) groups is 1. The van der Waals surface area contributed by atoms with Gasteiger partial charge in [-0.3, -0.25) is 0 Å². The molecule has 1 aromatic heterocycles. The maximum absolute atomic E-state index is 5.35. The largest absolute Gasteiger partial charge is 0.308 e. The molecule has 0 amide bonds. The molecule has 18 heavy (non-hydrogen) atoms. The molecule has 4 heteroatoms. The van der Waals surface area contributed by atoms with E-state index in [1.54, 1.807) is 6.20 Å². The van der Waals surface area contributed by atoms with E-state index in [2.05, 4.69) is 42.5 Å². The van der Waals surface area contributed by atoms with E-state index >= 15 is 0 Å². The number of hydrogen-bond donors (Lipinski definition) is 2. The molecule has 0 fully saturated rings. The summed E-state index contributed by atoms with van der Waals surface area (Å²) in [5.41, 5.74) is 6.39. The third-order valence-corrected chi connectivity index (χ3v) is 3.94. The molecular weight excluding hydrogens is 242 g/mol. The van der Waals surface area contributed by atoms with Gasteiger partial charge in [0.2, 0.25) is 0 Å². The zero-order valence-electron chi connectivity index (χ0n) is 10.6. The van der Waals surface area contributed by atoms with Crippen molar-refractivity contribution in [3.8, 4) is 0 Å². The van der Waals surface area contributed by atoms with Crippen LogP contribution in [0.25, 0.3) is 0 Å². The highest BCUT2D eigenvalue weighted by molar-refractivity contribution is 7.98. The number of rotatable bonds is 4. The van der Waals surface area contributed by atoms with Gasteiger partial charge in [-0.1, -0.05) is 17.7 Å². The minimum atomic E-state index is 0.703. The molecular formula is C14H17N3S. The van der Waals surface area contributed by atoms with Gasteiger partial charge in [-0.15, -0.1) is 11.8 Å². The van der Waals surface area contributed by atoms with Crippen molar-refractivity contribution in [1.29, 1.82) is 0 Å². The van der Waals surface area contributed by atoms with Gasteiger partial charge in [0.1, 0.15) is 5.82 Å². The third kappa shape index (κ3) is 3.24. The van der Waals surface area contributed by atoms with Gasteiger partial charge in [0.25, 0.3) is 0 Å². The first kappa shape index (κ1) is 12.9. The van der Waals surface area contributed by atoms with E-state index in [0.717, 1.165) is 5.75 Å². The summed E-state index contributed by atoms with van der Waals surface area (Å²) in [6.45, 7) is 4.26. The second-order valence-electron chi connectivity index (χ2n) is 4.25. The van der Waals surface area contributed by atoms with Crippen LogP contribution in [0, 0.1) is 13.8 Å². The molecule has 1 heterocycles. The molecule has 0 spiro atoms. The molecule has 2 aromatic rings. The number of aryl methyl sites for hydroxylation is 2. The lowest BCUT2D eigenvalue weighted by Crippen LogP contribution is -2.08. The smallest absolute Gasteiger partial charge is 0.140 e. The lowest BCUT2D eigenvalue weighted by molar-refractivity contribution is 1.20. The van der Waals surface area contributed by atoms with Crippen LogP contribution in [0.4, 0.5) is 5.82 Å². The van der Waals surface area contributed by atoms with Crippen LogP contribution >= 0.6 is 11.8 Å². The van der Waals surface area contributed by atoms with Crippen LogP contribution in [0.5, 0.6) is 0 Å². The Labute approximate surface area is 112 Å². The molecule has 0 atom stereocenters. The Hall–Kier alpha value is -1.52. The molecule has 0 aliphatic carbocycles. The molecule has 94 valence electrons. The number of benzene rings is 1. The first-order chi connectivity index (χ1) is 8.69. The minimum absolute atomic E-state index is 0.703. The van der Waals surface area contributed by atoms with Gasteiger partial charge in [-0.2, -0.15) is 0 Å². The average Bonchev–Trinajstić information content (AvgIpc) is 2.40.